The predicted molar refractivity (Wildman–Crippen MR) is 114 cm³/mol. The number of nitrogens with zero attached hydrogens (tertiary/aromatic N) is 1. The number of methoxy groups -OCH3 is 2. The molecule has 156 valence electrons. The number of phenolic OH excluding ortho intramolecular Hbond substituents is 1. The van der Waals surface area contributed by atoms with Crippen LogP contribution in [0.4, 0.5) is 10.5 Å². The van der Waals surface area contributed by atoms with Crippen LogP contribution in [0.25, 0.3) is 6.08 Å². The summed E-state index contributed by atoms with van der Waals surface area (Å²) in [5.41, 5.74) is 0.939. The molecule has 0 unspecified atom stereocenters. The first-order chi connectivity index (χ1) is 14.3. The molecule has 1 aliphatic heterocycles. The second kappa shape index (κ2) is 9.10. The van der Waals surface area contributed by atoms with Gasteiger partial charge in [0.25, 0.3) is 11.1 Å². The normalized spacial score (nSPS) is 14.9. The Hall–Kier alpha value is -3.17. The number of carbonyl (C=O) groups excluding carboxylic acids is 3. The van der Waals surface area contributed by atoms with Gasteiger partial charge in [0.1, 0.15) is 6.54 Å². The summed E-state index contributed by atoms with van der Waals surface area (Å²) in [5.74, 6) is -1.00. The van der Waals surface area contributed by atoms with E-state index in [0.717, 1.165) is 4.90 Å². The number of benzene rings is 2. The van der Waals surface area contributed by atoms with Crippen molar-refractivity contribution in [2.45, 2.75) is 0 Å². The molecule has 2 aromatic rings. The second-order valence-electron chi connectivity index (χ2n) is 6.10. The molecule has 8 nitrogen and oxygen atoms in total. The summed E-state index contributed by atoms with van der Waals surface area (Å²) in [4.78, 5) is 38.1. The number of ether oxygens (including phenoxy) is 2. The van der Waals surface area contributed by atoms with Crippen LogP contribution in [0.1, 0.15) is 5.56 Å². The van der Waals surface area contributed by atoms with Crippen LogP contribution in [0.15, 0.2) is 41.3 Å². The van der Waals surface area contributed by atoms with Gasteiger partial charge in [0.15, 0.2) is 11.5 Å². The van der Waals surface area contributed by atoms with Crippen molar-refractivity contribution in [3.8, 4) is 17.2 Å². The zero-order chi connectivity index (χ0) is 21.8. The first kappa shape index (κ1) is 21.5. The van der Waals surface area contributed by atoms with E-state index in [-0.39, 0.29) is 22.2 Å². The lowest BCUT2D eigenvalue weighted by Gasteiger charge is -2.12. The number of amides is 3. The van der Waals surface area contributed by atoms with Gasteiger partial charge in [0, 0.05) is 10.7 Å². The minimum atomic E-state index is -0.600. The van der Waals surface area contributed by atoms with Crippen molar-refractivity contribution in [3.05, 3.63) is 51.9 Å². The number of anilines is 1. The third-order valence-corrected chi connectivity index (χ3v) is 5.23. The van der Waals surface area contributed by atoms with Gasteiger partial charge in [0.05, 0.1) is 19.1 Å². The molecule has 3 amide bonds. The smallest absolute Gasteiger partial charge is 0.294 e. The summed E-state index contributed by atoms with van der Waals surface area (Å²) < 4.78 is 10.2. The summed E-state index contributed by atoms with van der Waals surface area (Å²) in [7, 11) is 2.76. The number of hydrogen-bond acceptors (Lipinski definition) is 7. The number of nitrogens with one attached hydrogen (secondary N) is 1. The highest BCUT2D eigenvalue weighted by Gasteiger charge is 2.36. The van der Waals surface area contributed by atoms with Gasteiger partial charge >= 0.3 is 0 Å². The topological polar surface area (TPSA) is 105 Å². The third kappa shape index (κ3) is 4.69. The van der Waals surface area contributed by atoms with Gasteiger partial charge in [-0.05, 0) is 53.7 Å². The van der Waals surface area contributed by atoms with Crippen molar-refractivity contribution >= 4 is 52.2 Å². The van der Waals surface area contributed by atoms with E-state index in [9.17, 15) is 19.5 Å². The molecule has 3 rings (SSSR count). The van der Waals surface area contributed by atoms with Crippen molar-refractivity contribution in [1.29, 1.82) is 0 Å². The summed E-state index contributed by atoms with van der Waals surface area (Å²) in [6, 6.07) is 9.52. The molecule has 10 heteroatoms. The Morgan fingerprint density at radius 2 is 1.87 bits per heavy atom. The van der Waals surface area contributed by atoms with E-state index in [4.69, 9.17) is 21.1 Å². The van der Waals surface area contributed by atoms with Crippen LogP contribution in [-0.2, 0) is 9.59 Å². The van der Waals surface area contributed by atoms with E-state index in [2.05, 4.69) is 5.32 Å². The molecule has 1 fully saturated rings. The number of imide groups is 1. The standard InChI is InChI=1S/C20H17ClN2O6S/c1-28-14-6-11(7-15(29-2)18(14)25)8-16-19(26)23(20(27)30-16)10-17(24)22-13-5-3-4-12(21)9-13/h3-9,25H,10H2,1-2H3,(H,22,24)/b16-8+. The molecule has 0 radical (unpaired) electrons. The molecule has 2 aromatic carbocycles. The van der Waals surface area contributed by atoms with Gasteiger partial charge in [-0.15, -0.1) is 0 Å². The predicted octanol–water partition coefficient (Wildman–Crippen LogP) is 3.74. The summed E-state index contributed by atoms with van der Waals surface area (Å²) in [6.07, 6.45) is 1.46. The van der Waals surface area contributed by atoms with Crippen LogP contribution in [0.5, 0.6) is 17.2 Å². The number of carbonyl (C=O) groups is 3. The number of phenols is 1. The molecule has 0 aliphatic carbocycles. The number of aromatic hydroxyl groups is 1. The second-order valence-corrected chi connectivity index (χ2v) is 7.53. The van der Waals surface area contributed by atoms with Crippen LogP contribution < -0.4 is 14.8 Å². The fourth-order valence-corrected chi connectivity index (χ4v) is 3.72. The van der Waals surface area contributed by atoms with Crippen LogP contribution in [0.3, 0.4) is 0 Å². The van der Waals surface area contributed by atoms with E-state index in [1.165, 1.54) is 32.4 Å². The van der Waals surface area contributed by atoms with E-state index >= 15 is 0 Å². The zero-order valence-electron chi connectivity index (χ0n) is 16.0. The molecule has 0 spiro atoms. The molecule has 30 heavy (non-hydrogen) atoms. The Morgan fingerprint density at radius 3 is 2.47 bits per heavy atom. The number of thioether (sulfide) groups is 1. The maximum atomic E-state index is 12.6. The van der Waals surface area contributed by atoms with Gasteiger partial charge < -0.3 is 19.9 Å². The highest BCUT2D eigenvalue weighted by Crippen LogP contribution is 2.39. The van der Waals surface area contributed by atoms with Gasteiger partial charge in [-0.1, -0.05) is 17.7 Å². The Labute approximate surface area is 181 Å². The van der Waals surface area contributed by atoms with Gasteiger partial charge in [-0.2, -0.15) is 0 Å². The lowest BCUT2D eigenvalue weighted by molar-refractivity contribution is -0.127. The zero-order valence-corrected chi connectivity index (χ0v) is 17.5. The summed E-state index contributed by atoms with van der Waals surface area (Å²) >= 11 is 6.59. The van der Waals surface area contributed by atoms with E-state index in [0.29, 0.717) is 28.0 Å². The van der Waals surface area contributed by atoms with E-state index in [1.54, 1.807) is 24.3 Å². The van der Waals surface area contributed by atoms with Crippen molar-refractivity contribution in [2.24, 2.45) is 0 Å². The lowest BCUT2D eigenvalue weighted by atomic mass is 10.1. The molecule has 0 saturated carbocycles. The molecular formula is C20H17ClN2O6S. The average Bonchev–Trinajstić information content (AvgIpc) is 2.96. The highest BCUT2D eigenvalue weighted by atomic mass is 35.5. The molecular weight excluding hydrogens is 432 g/mol. The maximum absolute atomic E-state index is 12.6. The minimum Gasteiger partial charge on any atom is -0.502 e. The average molecular weight is 449 g/mol. The molecule has 0 bridgehead atoms. The van der Waals surface area contributed by atoms with Crippen molar-refractivity contribution < 1.29 is 29.0 Å². The van der Waals surface area contributed by atoms with Crippen LogP contribution in [-0.4, -0.2) is 47.8 Å². The molecule has 0 atom stereocenters. The quantitative estimate of drug-likeness (QED) is 0.648. The Balaban J connectivity index is 1.77. The molecule has 2 N–H and O–H groups in total. The van der Waals surface area contributed by atoms with Crippen LogP contribution in [0, 0.1) is 0 Å². The Bertz CT molecular complexity index is 1030. The van der Waals surface area contributed by atoms with Crippen molar-refractivity contribution in [2.75, 3.05) is 26.1 Å². The number of halogens is 1. The molecule has 1 heterocycles. The Morgan fingerprint density at radius 1 is 1.20 bits per heavy atom. The first-order valence-electron chi connectivity index (χ1n) is 8.58. The first-order valence-corrected chi connectivity index (χ1v) is 9.77. The fraction of sp³-hybridized carbons (Fsp3) is 0.150. The van der Waals surface area contributed by atoms with Crippen molar-refractivity contribution in [3.63, 3.8) is 0 Å². The Kier molecular flexibility index (Phi) is 6.53. The number of hydrogen-bond donors (Lipinski definition) is 2. The SMILES string of the molecule is COc1cc(/C=C2/SC(=O)N(CC(=O)Nc3cccc(Cl)c3)C2=O)cc(OC)c1O. The lowest BCUT2D eigenvalue weighted by Crippen LogP contribution is -2.36. The fourth-order valence-electron chi connectivity index (χ4n) is 2.70. The third-order valence-electron chi connectivity index (χ3n) is 4.08. The highest BCUT2D eigenvalue weighted by molar-refractivity contribution is 8.18. The van der Waals surface area contributed by atoms with E-state index in [1.807, 2.05) is 0 Å². The minimum absolute atomic E-state index is 0.130. The van der Waals surface area contributed by atoms with Crippen LogP contribution >= 0.6 is 23.4 Å². The maximum Gasteiger partial charge on any atom is 0.294 e. The van der Waals surface area contributed by atoms with Gasteiger partial charge in [-0.3, -0.25) is 19.3 Å². The van der Waals surface area contributed by atoms with Crippen LogP contribution in [0.2, 0.25) is 5.02 Å². The largest absolute Gasteiger partial charge is 0.502 e. The van der Waals surface area contributed by atoms with Gasteiger partial charge in [0.2, 0.25) is 11.7 Å². The van der Waals surface area contributed by atoms with E-state index < -0.39 is 23.6 Å². The summed E-state index contributed by atoms with van der Waals surface area (Å²) in [5, 5.41) is 12.5. The monoisotopic (exact) mass is 448 g/mol. The van der Waals surface area contributed by atoms with Gasteiger partial charge in [-0.25, -0.2) is 0 Å². The summed E-state index contributed by atoms with van der Waals surface area (Å²) in [6.45, 7) is -0.434. The number of rotatable bonds is 6. The molecule has 0 aromatic heterocycles. The molecule has 1 saturated heterocycles. The van der Waals surface area contributed by atoms with Crippen molar-refractivity contribution in [1.82, 2.24) is 4.90 Å². The molecule has 1 aliphatic rings.